The summed E-state index contributed by atoms with van der Waals surface area (Å²) in [5.74, 6) is -0.536. The molecule has 1 atom stereocenters. The van der Waals surface area contributed by atoms with E-state index in [0.29, 0.717) is 30.8 Å². The lowest BCUT2D eigenvalue weighted by Crippen LogP contribution is -2.22. The van der Waals surface area contributed by atoms with E-state index in [1.54, 1.807) is 12.1 Å². The highest BCUT2D eigenvalue weighted by Crippen LogP contribution is 2.26. The number of nitrogens with two attached hydrogens (primary N) is 1. The number of fused-ring (bicyclic) bond motifs is 1. The minimum Gasteiger partial charge on any atom is -0.508 e. The zero-order valence-electron chi connectivity index (χ0n) is 13.1. The first kappa shape index (κ1) is 15.3. The van der Waals surface area contributed by atoms with Crippen LogP contribution in [0.3, 0.4) is 0 Å². The van der Waals surface area contributed by atoms with Gasteiger partial charge in [0.25, 0.3) is 5.91 Å². The molecule has 0 spiro atoms. The third-order valence-electron chi connectivity index (χ3n) is 4.18. The Balaban J connectivity index is 2.01. The molecule has 9 nitrogen and oxygen atoms in total. The van der Waals surface area contributed by atoms with Crippen molar-refractivity contribution >= 4 is 17.1 Å². The third kappa shape index (κ3) is 2.54. The van der Waals surface area contributed by atoms with Gasteiger partial charge in [0.15, 0.2) is 17.2 Å². The van der Waals surface area contributed by atoms with Crippen molar-refractivity contribution in [1.82, 2.24) is 19.5 Å². The smallest absolute Gasteiger partial charge is 0.328 e. The van der Waals surface area contributed by atoms with Crippen LogP contribution < -0.4 is 11.4 Å². The molecule has 25 heavy (non-hydrogen) atoms. The van der Waals surface area contributed by atoms with Crippen LogP contribution in [-0.4, -0.2) is 43.7 Å². The molecule has 128 valence electrons. The van der Waals surface area contributed by atoms with E-state index in [9.17, 15) is 14.7 Å². The standard InChI is InChI=1S/C16H15N5O4/c17-13(23)11-12-15(21(16(24)19-12)9-4-5-25-7-9)20-14(18-11)8-2-1-3-10(22)6-8/h1-3,6,9,22H,4-5,7H2,(H2,17,23)(H,19,24)/t9-/m0/s1. The number of phenols is 1. The number of amides is 1. The first-order chi connectivity index (χ1) is 12.0. The number of nitrogens with zero attached hydrogens (tertiary/aromatic N) is 3. The first-order valence-corrected chi connectivity index (χ1v) is 7.74. The lowest BCUT2D eigenvalue weighted by molar-refractivity contribution is 0.0997. The average molecular weight is 341 g/mol. The lowest BCUT2D eigenvalue weighted by atomic mass is 10.2. The topological polar surface area (TPSA) is 136 Å². The number of carbonyl (C=O) groups excluding carboxylic acids is 1. The van der Waals surface area contributed by atoms with Crippen molar-refractivity contribution in [3.05, 3.63) is 40.4 Å². The minimum atomic E-state index is -0.773. The van der Waals surface area contributed by atoms with Crippen LogP contribution >= 0.6 is 0 Å². The molecule has 1 fully saturated rings. The monoisotopic (exact) mass is 341 g/mol. The molecule has 0 aliphatic carbocycles. The van der Waals surface area contributed by atoms with Crippen molar-refractivity contribution in [1.29, 1.82) is 0 Å². The molecule has 0 bridgehead atoms. The Bertz CT molecular complexity index is 1030. The fraction of sp³-hybridized carbons (Fsp3) is 0.250. The van der Waals surface area contributed by atoms with Gasteiger partial charge in [0.2, 0.25) is 0 Å². The number of primary amides is 1. The van der Waals surface area contributed by atoms with Gasteiger partial charge < -0.3 is 20.6 Å². The number of hydrogen-bond acceptors (Lipinski definition) is 6. The summed E-state index contributed by atoms with van der Waals surface area (Å²) in [5, 5.41) is 9.67. The van der Waals surface area contributed by atoms with Crippen molar-refractivity contribution in [2.24, 2.45) is 5.73 Å². The highest BCUT2D eigenvalue weighted by molar-refractivity contribution is 6.01. The molecule has 1 aliphatic heterocycles. The van der Waals surface area contributed by atoms with Gasteiger partial charge in [-0.15, -0.1) is 0 Å². The molecule has 1 saturated heterocycles. The van der Waals surface area contributed by atoms with Crippen LogP contribution in [0.25, 0.3) is 22.6 Å². The van der Waals surface area contributed by atoms with Crippen LogP contribution in [0.1, 0.15) is 23.0 Å². The highest BCUT2D eigenvalue weighted by atomic mass is 16.5. The summed E-state index contributed by atoms with van der Waals surface area (Å²) in [6.45, 7) is 0.946. The second kappa shape index (κ2) is 5.71. The zero-order chi connectivity index (χ0) is 17.6. The van der Waals surface area contributed by atoms with Crippen LogP contribution in [0.2, 0.25) is 0 Å². The minimum absolute atomic E-state index is 0.0393. The van der Waals surface area contributed by atoms with E-state index in [2.05, 4.69) is 15.0 Å². The number of imidazole rings is 1. The van der Waals surface area contributed by atoms with Crippen LogP contribution in [0.5, 0.6) is 5.75 Å². The van der Waals surface area contributed by atoms with Crippen molar-refractivity contribution in [3.63, 3.8) is 0 Å². The predicted molar refractivity (Wildman–Crippen MR) is 88.2 cm³/mol. The largest absolute Gasteiger partial charge is 0.508 e. The first-order valence-electron chi connectivity index (χ1n) is 7.74. The maximum atomic E-state index is 12.4. The van der Waals surface area contributed by atoms with Crippen molar-refractivity contribution in [2.75, 3.05) is 13.2 Å². The Morgan fingerprint density at radius 2 is 2.24 bits per heavy atom. The van der Waals surface area contributed by atoms with Gasteiger partial charge in [-0.2, -0.15) is 0 Å². The Hall–Kier alpha value is -3.20. The highest BCUT2D eigenvalue weighted by Gasteiger charge is 2.26. The van der Waals surface area contributed by atoms with Crippen molar-refractivity contribution in [2.45, 2.75) is 12.5 Å². The van der Waals surface area contributed by atoms with Gasteiger partial charge in [0.1, 0.15) is 11.3 Å². The van der Waals surface area contributed by atoms with E-state index in [4.69, 9.17) is 10.5 Å². The molecule has 1 aromatic carbocycles. The van der Waals surface area contributed by atoms with Crippen molar-refractivity contribution < 1.29 is 14.6 Å². The van der Waals surface area contributed by atoms with E-state index in [1.807, 2.05) is 0 Å². The third-order valence-corrected chi connectivity index (χ3v) is 4.18. The second-order valence-electron chi connectivity index (χ2n) is 5.83. The number of nitrogens with one attached hydrogen (secondary N) is 1. The summed E-state index contributed by atoms with van der Waals surface area (Å²) in [6.07, 6.45) is 0.671. The zero-order valence-corrected chi connectivity index (χ0v) is 13.1. The van der Waals surface area contributed by atoms with Gasteiger partial charge >= 0.3 is 5.69 Å². The molecule has 1 aliphatic rings. The van der Waals surface area contributed by atoms with Crippen molar-refractivity contribution in [3.8, 4) is 17.1 Å². The molecule has 3 heterocycles. The summed E-state index contributed by atoms with van der Waals surface area (Å²) < 4.78 is 6.83. The van der Waals surface area contributed by atoms with E-state index >= 15 is 0 Å². The quantitative estimate of drug-likeness (QED) is 0.636. The fourth-order valence-corrected chi connectivity index (χ4v) is 3.02. The SMILES string of the molecule is NC(=O)c1nc(-c2cccc(O)c2)nc2c1[nH]c(=O)n2[C@H]1CCOC1. The number of H-pyrrole nitrogens is 1. The number of aromatic nitrogens is 4. The van der Waals surface area contributed by atoms with E-state index < -0.39 is 11.6 Å². The summed E-state index contributed by atoms with van der Waals surface area (Å²) in [6, 6.07) is 6.14. The molecule has 3 aromatic rings. The number of aromatic amines is 1. The number of benzene rings is 1. The molecule has 9 heteroatoms. The second-order valence-corrected chi connectivity index (χ2v) is 5.83. The average Bonchev–Trinajstić information content (AvgIpc) is 3.20. The molecule has 4 rings (SSSR count). The van der Waals surface area contributed by atoms with Gasteiger partial charge in [-0.3, -0.25) is 9.36 Å². The molecule has 0 unspecified atom stereocenters. The van der Waals surface area contributed by atoms with E-state index in [0.717, 1.165) is 0 Å². The molecule has 0 radical (unpaired) electrons. The van der Waals surface area contributed by atoms with Gasteiger partial charge in [-0.25, -0.2) is 14.8 Å². The predicted octanol–water partition coefficient (Wildman–Crippen LogP) is 0.552. The Kier molecular flexibility index (Phi) is 3.50. The van der Waals surface area contributed by atoms with Gasteiger partial charge in [-0.05, 0) is 18.6 Å². The number of hydrogen-bond donors (Lipinski definition) is 3. The summed E-state index contributed by atoms with van der Waals surface area (Å²) in [5.41, 5.74) is 5.97. The van der Waals surface area contributed by atoms with Gasteiger partial charge in [0, 0.05) is 12.2 Å². The molecule has 1 amide bonds. The van der Waals surface area contributed by atoms with E-state index in [1.165, 1.54) is 16.7 Å². The number of carbonyl (C=O) groups is 1. The van der Waals surface area contributed by atoms with Gasteiger partial charge in [-0.1, -0.05) is 12.1 Å². The maximum absolute atomic E-state index is 12.4. The Morgan fingerprint density at radius 1 is 1.40 bits per heavy atom. The number of ether oxygens (including phenoxy) is 1. The number of phenolic OH excluding ortho intramolecular Hbond substituents is 1. The summed E-state index contributed by atoms with van der Waals surface area (Å²) in [4.78, 5) is 35.5. The van der Waals surface area contributed by atoms with Crippen LogP contribution in [0, 0.1) is 0 Å². The summed E-state index contributed by atoms with van der Waals surface area (Å²) >= 11 is 0. The number of aromatic hydroxyl groups is 1. The van der Waals surface area contributed by atoms with Crippen LogP contribution in [0.4, 0.5) is 0 Å². The maximum Gasteiger partial charge on any atom is 0.328 e. The fourth-order valence-electron chi connectivity index (χ4n) is 3.02. The van der Waals surface area contributed by atoms with Crippen LogP contribution in [0.15, 0.2) is 29.1 Å². The summed E-state index contributed by atoms with van der Waals surface area (Å²) in [7, 11) is 0. The van der Waals surface area contributed by atoms with E-state index in [-0.39, 0.29) is 28.8 Å². The van der Waals surface area contributed by atoms with Gasteiger partial charge in [0.05, 0.1) is 12.6 Å². The molecular formula is C16H15N5O4. The van der Waals surface area contributed by atoms with Crippen LogP contribution in [-0.2, 0) is 4.74 Å². The number of rotatable bonds is 3. The normalized spacial score (nSPS) is 17.2. The molecule has 4 N–H and O–H groups in total. The Morgan fingerprint density at radius 3 is 2.92 bits per heavy atom. The Labute approximate surface area is 141 Å². The molecular weight excluding hydrogens is 326 g/mol. The lowest BCUT2D eigenvalue weighted by Gasteiger charge is -2.10. The molecule has 0 saturated carbocycles. The molecule has 2 aromatic heterocycles.